The first kappa shape index (κ1) is 18.9. The maximum absolute atomic E-state index is 11.9. The second-order valence-corrected chi connectivity index (χ2v) is 6.79. The maximum Gasteiger partial charge on any atom is 0.340 e. The summed E-state index contributed by atoms with van der Waals surface area (Å²) in [7, 11) is 0. The molecule has 0 saturated heterocycles. The van der Waals surface area contributed by atoms with E-state index in [1.54, 1.807) is 0 Å². The fourth-order valence-corrected chi connectivity index (χ4v) is 2.79. The standard InChI is InChI=1S/C19H33NO2/c1-5-6-7-8-9-10-11-12-13-14-15-19(4)18(21)22-17(20-19)16(2)3/h2,5-15H2,1,3-4H3/t19-/m0/s1. The van der Waals surface area contributed by atoms with Crippen LogP contribution in [0.15, 0.2) is 17.1 Å². The number of esters is 1. The largest absolute Gasteiger partial charge is 0.406 e. The zero-order chi connectivity index (χ0) is 16.4. The monoisotopic (exact) mass is 307 g/mol. The molecule has 0 spiro atoms. The summed E-state index contributed by atoms with van der Waals surface area (Å²) in [6.45, 7) is 9.73. The van der Waals surface area contributed by atoms with Gasteiger partial charge in [0.1, 0.15) is 0 Å². The summed E-state index contributed by atoms with van der Waals surface area (Å²) in [5, 5.41) is 0. The minimum Gasteiger partial charge on any atom is -0.406 e. The number of aliphatic imine (C=N–C) groups is 1. The maximum atomic E-state index is 11.9. The molecule has 0 N–H and O–H groups in total. The summed E-state index contributed by atoms with van der Waals surface area (Å²) in [6, 6.07) is 0. The van der Waals surface area contributed by atoms with Crippen LogP contribution in [-0.2, 0) is 9.53 Å². The third-order valence-corrected chi connectivity index (χ3v) is 4.36. The lowest BCUT2D eigenvalue weighted by molar-refractivity contribution is -0.138. The van der Waals surface area contributed by atoms with Gasteiger partial charge in [-0.2, -0.15) is 0 Å². The fraction of sp³-hybridized carbons (Fsp3) is 0.789. The molecule has 0 fully saturated rings. The molecule has 0 saturated carbocycles. The van der Waals surface area contributed by atoms with Crippen LogP contribution < -0.4 is 0 Å². The van der Waals surface area contributed by atoms with Crippen LogP contribution in [0.25, 0.3) is 0 Å². The topological polar surface area (TPSA) is 38.7 Å². The van der Waals surface area contributed by atoms with Gasteiger partial charge < -0.3 is 4.74 Å². The molecule has 0 amide bonds. The molecule has 0 bridgehead atoms. The van der Waals surface area contributed by atoms with E-state index in [0.29, 0.717) is 5.90 Å². The Hall–Kier alpha value is -1.12. The van der Waals surface area contributed by atoms with Gasteiger partial charge >= 0.3 is 5.97 Å². The average molecular weight is 307 g/mol. The average Bonchev–Trinajstić information content (AvgIpc) is 2.77. The van der Waals surface area contributed by atoms with Crippen LogP contribution in [0.3, 0.4) is 0 Å². The summed E-state index contributed by atoms with van der Waals surface area (Å²) in [5.41, 5.74) is 0.0363. The molecule has 1 aliphatic rings. The Morgan fingerprint density at radius 1 is 1.05 bits per heavy atom. The van der Waals surface area contributed by atoms with Gasteiger partial charge in [0, 0.05) is 5.57 Å². The number of cyclic esters (lactones) is 1. The second-order valence-electron chi connectivity index (χ2n) is 6.79. The normalized spacial score (nSPS) is 20.9. The zero-order valence-corrected chi connectivity index (χ0v) is 14.7. The third-order valence-electron chi connectivity index (χ3n) is 4.36. The summed E-state index contributed by atoms with van der Waals surface area (Å²) in [4.78, 5) is 16.3. The molecule has 0 aromatic heterocycles. The Bertz CT molecular complexity index is 400. The summed E-state index contributed by atoms with van der Waals surface area (Å²) in [5.74, 6) is 0.195. The summed E-state index contributed by atoms with van der Waals surface area (Å²) < 4.78 is 5.19. The van der Waals surface area contributed by atoms with Crippen molar-refractivity contribution in [2.75, 3.05) is 0 Å². The van der Waals surface area contributed by atoms with Gasteiger partial charge in [-0.1, -0.05) is 77.7 Å². The lowest BCUT2D eigenvalue weighted by atomic mass is 9.95. The van der Waals surface area contributed by atoms with E-state index in [4.69, 9.17) is 4.74 Å². The lowest BCUT2D eigenvalue weighted by Crippen LogP contribution is -2.29. The number of hydrogen-bond acceptors (Lipinski definition) is 3. The SMILES string of the molecule is C=C(C)C1=N[C@@](C)(CCCCCCCCCCCC)C(=O)O1. The molecule has 0 radical (unpaired) electrons. The molecule has 0 aliphatic carbocycles. The van der Waals surface area contributed by atoms with E-state index in [2.05, 4.69) is 18.5 Å². The van der Waals surface area contributed by atoms with Crippen molar-refractivity contribution >= 4 is 11.9 Å². The van der Waals surface area contributed by atoms with Crippen LogP contribution in [-0.4, -0.2) is 17.4 Å². The Balaban J connectivity index is 2.09. The Labute approximate surface area is 136 Å². The highest BCUT2D eigenvalue weighted by Crippen LogP contribution is 2.28. The number of unbranched alkanes of at least 4 members (excludes halogenated alkanes) is 9. The summed E-state index contributed by atoms with van der Waals surface area (Å²) >= 11 is 0. The van der Waals surface area contributed by atoms with Gasteiger partial charge in [-0.25, -0.2) is 9.79 Å². The number of ether oxygens (including phenoxy) is 1. The number of carbonyl (C=O) groups excluding carboxylic acids is 1. The molecule has 1 heterocycles. The number of rotatable bonds is 12. The molecule has 1 rings (SSSR count). The van der Waals surface area contributed by atoms with Gasteiger partial charge in [-0.3, -0.25) is 0 Å². The van der Waals surface area contributed by atoms with E-state index < -0.39 is 5.54 Å². The molecule has 22 heavy (non-hydrogen) atoms. The van der Waals surface area contributed by atoms with Crippen molar-refractivity contribution in [1.82, 2.24) is 0 Å². The van der Waals surface area contributed by atoms with E-state index in [1.807, 2.05) is 13.8 Å². The Kier molecular flexibility index (Phi) is 8.44. The predicted molar refractivity (Wildman–Crippen MR) is 93.2 cm³/mol. The van der Waals surface area contributed by atoms with Gasteiger partial charge in [-0.05, 0) is 20.3 Å². The quantitative estimate of drug-likeness (QED) is 0.348. The van der Waals surface area contributed by atoms with E-state index in [1.165, 1.54) is 57.8 Å². The molecule has 0 unspecified atom stereocenters. The summed E-state index contributed by atoms with van der Waals surface area (Å²) in [6.07, 6.45) is 13.7. The molecule has 0 aromatic carbocycles. The van der Waals surface area contributed by atoms with Crippen molar-refractivity contribution in [3.05, 3.63) is 12.2 Å². The highest BCUT2D eigenvalue weighted by Gasteiger charge is 2.40. The van der Waals surface area contributed by atoms with Gasteiger partial charge in [-0.15, -0.1) is 0 Å². The second kappa shape index (κ2) is 9.81. The lowest BCUT2D eigenvalue weighted by Gasteiger charge is -2.15. The minimum atomic E-state index is -0.686. The van der Waals surface area contributed by atoms with Gasteiger partial charge in [0.05, 0.1) is 0 Å². The van der Waals surface area contributed by atoms with Crippen molar-refractivity contribution in [1.29, 1.82) is 0 Å². The first-order valence-electron chi connectivity index (χ1n) is 8.97. The molecule has 0 aromatic rings. The van der Waals surface area contributed by atoms with Crippen molar-refractivity contribution in [2.24, 2.45) is 4.99 Å². The predicted octanol–water partition coefficient (Wildman–Crippen LogP) is 5.59. The van der Waals surface area contributed by atoms with E-state index in [-0.39, 0.29) is 5.97 Å². The van der Waals surface area contributed by atoms with Crippen LogP contribution in [0.5, 0.6) is 0 Å². The molecular weight excluding hydrogens is 274 g/mol. The van der Waals surface area contributed by atoms with Crippen molar-refractivity contribution in [2.45, 2.75) is 96.9 Å². The van der Waals surface area contributed by atoms with Crippen LogP contribution in [0.1, 0.15) is 91.4 Å². The Morgan fingerprint density at radius 2 is 1.55 bits per heavy atom. The van der Waals surface area contributed by atoms with Gasteiger partial charge in [0.25, 0.3) is 0 Å². The van der Waals surface area contributed by atoms with Crippen molar-refractivity contribution in [3.8, 4) is 0 Å². The number of carbonyl (C=O) groups is 1. The van der Waals surface area contributed by atoms with Crippen LogP contribution in [0, 0.1) is 0 Å². The van der Waals surface area contributed by atoms with Crippen LogP contribution >= 0.6 is 0 Å². The minimum absolute atomic E-state index is 0.221. The van der Waals surface area contributed by atoms with Crippen molar-refractivity contribution < 1.29 is 9.53 Å². The molecule has 1 aliphatic heterocycles. The molecular formula is C19H33NO2. The molecule has 3 nitrogen and oxygen atoms in total. The highest BCUT2D eigenvalue weighted by molar-refractivity contribution is 6.06. The molecule has 1 atom stereocenters. The van der Waals surface area contributed by atoms with Crippen molar-refractivity contribution in [3.63, 3.8) is 0 Å². The van der Waals surface area contributed by atoms with Crippen LogP contribution in [0.2, 0.25) is 0 Å². The number of nitrogens with zero attached hydrogens (tertiary/aromatic N) is 1. The fourth-order valence-electron chi connectivity index (χ4n) is 2.79. The van der Waals surface area contributed by atoms with Gasteiger partial charge in [0.2, 0.25) is 5.90 Å². The first-order chi connectivity index (χ1) is 10.5. The first-order valence-corrected chi connectivity index (χ1v) is 8.97. The molecule has 3 heteroatoms. The molecule has 126 valence electrons. The van der Waals surface area contributed by atoms with Gasteiger partial charge in [0.15, 0.2) is 5.54 Å². The van der Waals surface area contributed by atoms with E-state index >= 15 is 0 Å². The van der Waals surface area contributed by atoms with Crippen LogP contribution in [0.4, 0.5) is 0 Å². The zero-order valence-electron chi connectivity index (χ0n) is 14.7. The Morgan fingerprint density at radius 3 is 2.00 bits per heavy atom. The number of hydrogen-bond donors (Lipinski definition) is 0. The third kappa shape index (κ3) is 6.33. The van der Waals surface area contributed by atoms with E-state index in [9.17, 15) is 4.79 Å². The van der Waals surface area contributed by atoms with E-state index in [0.717, 1.165) is 18.4 Å². The highest BCUT2D eigenvalue weighted by atomic mass is 16.6. The smallest absolute Gasteiger partial charge is 0.340 e.